The fourth-order valence-corrected chi connectivity index (χ4v) is 3.27. The summed E-state index contributed by atoms with van der Waals surface area (Å²) in [6.07, 6.45) is -0.140. The van der Waals surface area contributed by atoms with Crippen molar-refractivity contribution in [3.8, 4) is 11.5 Å². The molecule has 23 heavy (non-hydrogen) atoms. The highest BCUT2D eigenvalue weighted by Crippen LogP contribution is 2.56. The molecule has 0 bridgehead atoms. The van der Waals surface area contributed by atoms with E-state index in [1.165, 1.54) is 21.3 Å². The number of aliphatic hydroxyl groups is 1. The van der Waals surface area contributed by atoms with Crippen LogP contribution in [0.2, 0.25) is 0 Å². The van der Waals surface area contributed by atoms with Crippen LogP contribution in [-0.4, -0.2) is 38.0 Å². The van der Waals surface area contributed by atoms with E-state index in [1.54, 1.807) is 12.1 Å². The fourth-order valence-electron chi connectivity index (χ4n) is 3.27. The van der Waals surface area contributed by atoms with Crippen LogP contribution < -0.4 is 9.47 Å². The lowest BCUT2D eigenvalue weighted by Gasteiger charge is -2.50. The van der Waals surface area contributed by atoms with Crippen LogP contribution in [0, 0.1) is 0 Å². The van der Waals surface area contributed by atoms with Crippen LogP contribution in [0.15, 0.2) is 24.7 Å². The summed E-state index contributed by atoms with van der Waals surface area (Å²) in [6.45, 7) is 3.58. The van der Waals surface area contributed by atoms with E-state index in [-0.39, 0.29) is 18.8 Å². The Morgan fingerprint density at radius 1 is 1.22 bits per heavy atom. The summed E-state index contributed by atoms with van der Waals surface area (Å²) in [5, 5.41) is 10.8. The number of carbonyl (C=O) groups is 1. The van der Waals surface area contributed by atoms with E-state index in [0.29, 0.717) is 22.6 Å². The molecular formula is C16H18O7. The molecule has 1 atom stereocenters. The number of carbonyl (C=O) groups excluding carboxylic acids is 1. The van der Waals surface area contributed by atoms with Crippen molar-refractivity contribution in [1.82, 2.24) is 0 Å². The number of rotatable bonds is 3. The molecule has 1 aliphatic heterocycles. The minimum absolute atomic E-state index is 0.00364. The lowest BCUT2D eigenvalue weighted by atomic mass is 9.75. The molecule has 7 heteroatoms. The zero-order valence-corrected chi connectivity index (χ0v) is 13.2. The number of ether oxygens (including phenoxy) is 5. The normalized spacial score (nSPS) is 23.9. The van der Waals surface area contributed by atoms with Gasteiger partial charge in [0.15, 0.2) is 5.60 Å². The predicted octanol–water partition coefficient (Wildman–Crippen LogP) is 1.22. The number of benzene rings is 1. The van der Waals surface area contributed by atoms with Gasteiger partial charge in [0.25, 0.3) is 11.7 Å². The molecule has 1 aliphatic carbocycles. The second kappa shape index (κ2) is 5.06. The SMILES string of the molecule is C=C1OC2(CC(O)(C(=O)OC)Cc3c(OC)ccc(OC)c32)O1. The predicted molar refractivity (Wildman–Crippen MR) is 77.8 cm³/mol. The zero-order chi connectivity index (χ0) is 16.8. The first-order chi connectivity index (χ1) is 10.9. The Kier molecular flexibility index (Phi) is 3.40. The number of hydrogen-bond acceptors (Lipinski definition) is 7. The average Bonchev–Trinajstić information content (AvgIpc) is 2.51. The zero-order valence-electron chi connectivity index (χ0n) is 13.2. The average molecular weight is 322 g/mol. The number of fused-ring (bicyclic) bond motifs is 2. The summed E-state index contributed by atoms with van der Waals surface area (Å²) < 4.78 is 26.7. The molecule has 1 spiro atoms. The van der Waals surface area contributed by atoms with Crippen LogP contribution in [0.3, 0.4) is 0 Å². The van der Waals surface area contributed by atoms with E-state index in [2.05, 4.69) is 6.58 Å². The summed E-state index contributed by atoms with van der Waals surface area (Å²) in [7, 11) is 4.24. The second-order valence-corrected chi connectivity index (χ2v) is 5.53. The van der Waals surface area contributed by atoms with Crippen LogP contribution >= 0.6 is 0 Å². The third-order valence-electron chi connectivity index (χ3n) is 4.17. The summed E-state index contributed by atoms with van der Waals surface area (Å²) in [6, 6.07) is 3.41. The van der Waals surface area contributed by atoms with E-state index in [9.17, 15) is 9.90 Å². The summed E-state index contributed by atoms with van der Waals surface area (Å²) >= 11 is 0. The van der Waals surface area contributed by atoms with Crippen molar-refractivity contribution >= 4 is 5.97 Å². The van der Waals surface area contributed by atoms with Crippen LogP contribution in [0.1, 0.15) is 17.5 Å². The molecule has 1 heterocycles. The van der Waals surface area contributed by atoms with E-state index >= 15 is 0 Å². The molecule has 124 valence electrons. The van der Waals surface area contributed by atoms with Gasteiger partial charge in [-0.2, -0.15) is 0 Å². The van der Waals surface area contributed by atoms with Crippen molar-refractivity contribution in [2.24, 2.45) is 0 Å². The monoisotopic (exact) mass is 322 g/mol. The van der Waals surface area contributed by atoms with Gasteiger partial charge in [0.2, 0.25) is 0 Å². The summed E-state index contributed by atoms with van der Waals surface area (Å²) in [5.41, 5.74) is -0.652. The van der Waals surface area contributed by atoms with Gasteiger partial charge in [-0.1, -0.05) is 0 Å². The van der Waals surface area contributed by atoms with Gasteiger partial charge in [0, 0.05) is 12.0 Å². The molecule has 0 aromatic heterocycles. The Balaban J connectivity index is 2.21. The highest BCUT2D eigenvalue weighted by Gasteiger charge is 2.61. The molecule has 0 radical (unpaired) electrons. The van der Waals surface area contributed by atoms with Crippen LogP contribution in [0.25, 0.3) is 0 Å². The van der Waals surface area contributed by atoms with Gasteiger partial charge >= 0.3 is 5.97 Å². The van der Waals surface area contributed by atoms with Crippen molar-refractivity contribution in [3.05, 3.63) is 35.8 Å². The maximum Gasteiger partial charge on any atom is 0.338 e. The lowest BCUT2D eigenvalue weighted by Crippen LogP contribution is -2.57. The second-order valence-electron chi connectivity index (χ2n) is 5.53. The largest absolute Gasteiger partial charge is 0.496 e. The third-order valence-corrected chi connectivity index (χ3v) is 4.17. The highest BCUT2D eigenvalue weighted by molar-refractivity contribution is 5.81. The Morgan fingerprint density at radius 2 is 1.83 bits per heavy atom. The number of methoxy groups -OCH3 is 3. The van der Waals surface area contributed by atoms with Crippen LogP contribution in [0.4, 0.5) is 0 Å². The van der Waals surface area contributed by atoms with Crippen molar-refractivity contribution in [2.75, 3.05) is 21.3 Å². The molecule has 3 rings (SSSR count). The van der Waals surface area contributed by atoms with Gasteiger partial charge in [-0.05, 0) is 18.7 Å². The Labute approximate surface area is 133 Å². The Morgan fingerprint density at radius 3 is 2.35 bits per heavy atom. The minimum atomic E-state index is -1.80. The van der Waals surface area contributed by atoms with E-state index in [1.807, 2.05) is 0 Å². The van der Waals surface area contributed by atoms with E-state index < -0.39 is 17.4 Å². The Hall–Kier alpha value is -2.41. The maximum absolute atomic E-state index is 12.1. The standard InChI is InChI=1S/C16H18O7/c1-9-22-16(23-9)8-15(18,14(17)21-4)7-10-11(19-2)5-6-12(20-3)13(10)16/h5-6,18H,1,7-8H2,2-4H3. The molecular weight excluding hydrogens is 304 g/mol. The van der Waals surface area contributed by atoms with Crippen molar-refractivity contribution in [1.29, 1.82) is 0 Å². The number of esters is 1. The molecule has 1 aromatic rings. The fraction of sp³-hybridized carbons (Fsp3) is 0.438. The first-order valence-corrected chi connectivity index (χ1v) is 7.01. The smallest absolute Gasteiger partial charge is 0.338 e. The lowest BCUT2D eigenvalue weighted by molar-refractivity contribution is -0.362. The molecule has 1 fully saturated rings. The van der Waals surface area contributed by atoms with Crippen molar-refractivity contribution < 1.29 is 33.6 Å². The summed E-state index contributed by atoms with van der Waals surface area (Å²) in [5.74, 6) is -1.01. The quantitative estimate of drug-likeness (QED) is 0.838. The molecule has 1 aromatic carbocycles. The molecule has 2 aliphatic rings. The number of hydrogen-bond donors (Lipinski definition) is 1. The van der Waals surface area contributed by atoms with Gasteiger partial charge in [0.1, 0.15) is 11.5 Å². The van der Waals surface area contributed by atoms with E-state index in [0.717, 1.165) is 0 Å². The van der Waals surface area contributed by atoms with Gasteiger partial charge < -0.3 is 28.8 Å². The minimum Gasteiger partial charge on any atom is -0.496 e. The Bertz CT molecular complexity index is 673. The van der Waals surface area contributed by atoms with Crippen LogP contribution in [0.5, 0.6) is 11.5 Å². The molecule has 7 nitrogen and oxygen atoms in total. The van der Waals surface area contributed by atoms with Gasteiger partial charge in [0.05, 0.1) is 33.3 Å². The van der Waals surface area contributed by atoms with Gasteiger partial charge in [-0.15, -0.1) is 0 Å². The van der Waals surface area contributed by atoms with Crippen molar-refractivity contribution in [3.63, 3.8) is 0 Å². The first kappa shape index (κ1) is 15.5. The van der Waals surface area contributed by atoms with Crippen molar-refractivity contribution in [2.45, 2.75) is 24.2 Å². The van der Waals surface area contributed by atoms with Crippen LogP contribution in [-0.2, 0) is 31.2 Å². The van der Waals surface area contributed by atoms with Gasteiger partial charge in [-0.25, -0.2) is 4.79 Å². The maximum atomic E-state index is 12.1. The van der Waals surface area contributed by atoms with Gasteiger partial charge in [-0.3, -0.25) is 0 Å². The molecule has 0 amide bonds. The van der Waals surface area contributed by atoms with E-state index in [4.69, 9.17) is 23.7 Å². The molecule has 1 unspecified atom stereocenters. The topological polar surface area (TPSA) is 83.5 Å². The molecule has 0 saturated carbocycles. The molecule has 1 N–H and O–H groups in total. The molecule has 1 saturated heterocycles. The third kappa shape index (κ3) is 2.11. The first-order valence-electron chi connectivity index (χ1n) is 7.01. The highest BCUT2D eigenvalue weighted by atomic mass is 16.9. The summed E-state index contributed by atoms with van der Waals surface area (Å²) in [4.78, 5) is 12.1.